The molecule has 1 heterocycles. The fraction of sp³-hybridized carbons (Fsp3) is 0.400. The van der Waals surface area contributed by atoms with Crippen LogP contribution in [0, 0.1) is 0 Å². The zero-order chi connectivity index (χ0) is 14.4. The Morgan fingerprint density at radius 3 is 3.10 bits per heavy atom. The Morgan fingerprint density at radius 2 is 2.30 bits per heavy atom. The summed E-state index contributed by atoms with van der Waals surface area (Å²) < 4.78 is 6.63. The second-order valence-electron chi connectivity index (χ2n) is 4.75. The van der Waals surface area contributed by atoms with E-state index in [9.17, 15) is 4.79 Å². The molecular formula is C15H19NO3S. The van der Waals surface area contributed by atoms with E-state index in [2.05, 4.69) is 35.0 Å². The van der Waals surface area contributed by atoms with Crippen LogP contribution in [0.4, 0.5) is 0 Å². The van der Waals surface area contributed by atoms with Gasteiger partial charge in [0, 0.05) is 10.7 Å². The highest BCUT2D eigenvalue weighted by Crippen LogP contribution is 2.21. The standard InChI is InChI=1S/C15H19NO3S/c1-11(9-17)16-15(18)10-19-6-4-12-2-3-14-13(8-12)5-7-20-14/h2-3,5,7-8,11,17H,4,6,9-10H2,1H3,(H,16,18). The van der Waals surface area contributed by atoms with E-state index in [4.69, 9.17) is 9.84 Å². The molecule has 2 rings (SSSR count). The SMILES string of the molecule is CC(CO)NC(=O)COCCc1ccc2sccc2c1. The first-order valence-electron chi connectivity index (χ1n) is 6.63. The van der Waals surface area contributed by atoms with Crippen LogP contribution in [0.1, 0.15) is 12.5 Å². The van der Waals surface area contributed by atoms with Gasteiger partial charge in [0.25, 0.3) is 0 Å². The van der Waals surface area contributed by atoms with Gasteiger partial charge in [-0.05, 0) is 41.8 Å². The van der Waals surface area contributed by atoms with Crippen LogP contribution in [0.5, 0.6) is 0 Å². The largest absolute Gasteiger partial charge is 0.394 e. The van der Waals surface area contributed by atoms with Gasteiger partial charge in [-0.2, -0.15) is 0 Å². The van der Waals surface area contributed by atoms with Crippen molar-refractivity contribution in [3.63, 3.8) is 0 Å². The molecule has 0 aliphatic carbocycles. The topological polar surface area (TPSA) is 58.6 Å². The van der Waals surface area contributed by atoms with Crippen molar-refractivity contribution >= 4 is 27.3 Å². The van der Waals surface area contributed by atoms with E-state index in [0.717, 1.165) is 6.42 Å². The van der Waals surface area contributed by atoms with E-state index in [1.54, 1.807) is 18.3 Å². The molecule has 0 aliphatic rings. The maximum Gasteiger partial charge on any atom is 0.246 e. The quantitative estimate of drug-likeness (QED) is 0.767. The number of hydrogen-bond donors (Lipinski definition) is 2. The van der Waals surface area contributed by atoms with E-state index in [-0.39, 0.29) is 25.2 Å². The number of aliphatic hydroxyl groups excluding tert-OH is 1. The third kappa shape index (κ3) is 4.30. The highest BCUT2D eigenvalue weighted by Gasteiger charge is 2.06. The number of fused-ring (bicyclic) bond motifs is 1. The third-order valence-electron chi connectivity index (χ3n) is 2.97. The lowest BCUT2D eigenvalue weighted by molar-refractivity contribution is -0.126. The van der Waals surface area contributed by atoms with Crippen LogP contribution < -0.4 is 5.32 Å². The van der Waals surface area contributed by atoms with Crippen molar-refractivity contribution in [2.45, 2.75) is 19.4 Å². The Kier molecular flexibility index (Phi) is 5.52. The molecule has 0 spiro atoms. The number of benzene rings is 1. The zero-order valence-electron chi connectivity index (χ0n) is 11.5. The van der Waals surface area contributed by atoms with Crippen LogP contribution in [0.25, 0.3) is 10.1 Å². The summed E-state index contributed by atoms with van der Waals surface area (Å²) in [6.45, 7) is 2.22. The van der Waals surface area contributed by atoms with Gasteiger partial charge in [-0.1, -0.05) is 12.1 Å². The van der Waals surface area contributed by atoms with Gasteiger partial charge in [0.05, 0.1) is 13.2 Å². The molecule has 0 bridgehead atoms. The number of aliphatic hydroxyl groups is 1. The van der Waals surface area contributed by atoms with Gasteiger partial charge in [-0.3, -0.25) is 4.79 Å². The van der Waals surface area contributed by atoms with Crippen molar-refractivity contribution in [1.29, 1.82) is 0 Å². The Labute approximate surface area is 122 Å². The molecule has 1 atom stereocenters. The smallest absolute Gasteiger partial charge is 0.246 e. The van der Waals surface area contributed by atoms with E-state index in [1.165, 1.54) is 15.6 Å². The molecule has 0 radical (unpaired) electrons. The fourth-order valence-corrected chi connectivity index (χ4v) is 2.66. The van der Waals surface area contributed by atoms with Crippen molar-refractivity contribution in [3.8, 4) is 0 Å². The van der Waals surface area contributed by atoms with Crippen LogP contribution in [0.3, 0.4) is 0 Å². The molecule has 2 N–H and O–H groups in total. The molecule has 0 fully saturated rings. The molecular weight excluding hydrogens is 274 g/mol. The minimum Gasteiger partial charge on any atom is -0.394 e. The predicted molar refractivity (Wildman–Crippen MR) is 81.0 cm³/mol. The van der Waals surface area contributed by atoms with E-state index >= 15 is 0 Å². The molecule has 108 valence electrons. The number of hydrogen-bond acceptors (Lipinski definition) is 4. The molecule has 5 heteroatoms. The summed E-state index contributed by atoms with van der Waals surface area (Å²) >= 11 is 1.73. The second kappa shape index (κ2) is 7.38. The molecule has 1 unspecified atom stereocenters. The Hall–Kier alpha value is -1.43. The van der Waals surface area contributed by atoms with E-state index in [0.29, 0.717) is 6.61 Å². The number of ether oxygens (including phenoxy) is 1. The molecule has 0 saturated carbocycles. The predicted octanol–water partition coefficient (Wildman–Crippen LogP) is 1.96. The molecule has 1 aromatic carbocycles. The third-order valence-corrected chi connectivity index (χ3v) is 3.86. The van der Waals surface area contributed by atoms with E-state index in [1.807, 2.05) is 0 Å². The average molecular weight is 293 g/mol. The normalized spacial score (nSPS) is 12.5. The van der Waals surface area contributed by atoms with Gasteiger partial charge < -0.3 is 15.2 Å². The number of carbonyl (C=O) groups is 1. The van der Waals surface area contributed by atoms with Gasteiger partial charge >= 0.3 is 0 Å². The first-order valence-corrected chi connectivity index (χ1v) is 7.51. The Morgan fingerprint density at radius 1 is 1.45 bits per heavy atom. The highest BCUT2D eigenvalue weighted by atomic mass is 32.1. The zero-order valence-corrected chi connectivity index (χ0v) is 12.3. The summed E-state index contributed by atoms with van der Waals surface area (Å²) in [5.74, 6) is -0.195. The molecule has 0 saturated heterocycles. The first kappa shape index (κ1) is 15.0. The summed E-state index contributed by atoms with van der Waals surface area (Å²) in [6, 6.07) is 8.24. The van der Waals surface area contributed by atoms with Gasteiger partial charge in [0.15, 0.2) is 0 Å². The summed E-state index contributed by atoms with van der Waals surface area (Å²) in [7, 11) is 0. The first-order chi connectivity index (χ1) is 9.69. The molecule has 1 amide bonds. The molecule has 20 heavy (non-hydrogen) atoms. The number of thiophene rings is 1. The van der Waals surface area contributed by atoms with Crippen LogP contribution in [-0.4, -0.2) is 36.9 Å². The van der Waals surface area contributed by atoms with Crippen molar-refractivity contribution < 1.29 is 14.6 Å². The summed E-state index contributed by atoms with van der Waals surface area (Å²) in [6.07, 6.45) is 0.786. The molecule has 1 aromatic heterocycles. The lowest BCUT2D eigenvalue weighted by atomic mass is 10.1. The number of nitrogens with one attached hydrogen (secondary N) is 1. The number of rotatable bonds is 7. The van der Waals surface area contributed by atoms with Crippen LogP contribution in [0.15, 0.2) is 29.6 Å². The summed E-state index contributed by atoms with van der Waals surface area (Å²) in [4.78, 5) is 11.4. The lowest BCUT2D eigenvalue weighted by Gasteiger charge is -2.10. The average Bonchev–Trinajstić information content (AvgIpc) is 2.91. The summed E-state index contributed by atoms with van der Waals surface area (Å²) in [5.41, 5.74) is 1.21. The van der Waals surface area contributed by atoms with Gasteiger partial charge in [-0.25, -0.2) is 0 Å². The maximum absolute atomic E-state index is 11.4. The highest BCUT2D eigenvalue weighted by molar-refractivity contribution is 7.17. The van der Waals surface area contributed by atoms with Crippen LogP contribution in [0.2, 0.25) is 0 Å². The second-order valence-corrected chi connectivity index (χ2v) is 5.69. The molecule has 4 nitrogen and oxygen atoms in total. The van der Waals surface area contributed by atoms with Crippen molar-refractivity contribution in [3.05, 3.63) is 35.2 Å². The van der Waals surface area contributed by atoms with Gasteiger partial charge in [-0.15, -0.1) is 11.3 Å². The maximum atomic E-state index is 11.4. The number of amides is 1. The molecule has 2 aromatic rings. The minimum absolute atomic E-state index is 0.0328. The van der Waals surface area contributed by atoms with Crippen molar-refractivity contribution in [1.82, 2.24) is 5.32 Å². The summed E-state index contributed by atoms with van der Waals surface area (Å²) in [5, 5.41) is 14.8. The Balaban J connectivity index is 1.71. The van der Waals surface area contributed by atoms with Crippen molar-refractivity contribution in [2.24, 2.45) is 0 Å². The van der Waals surface area contributed by atoms with Crippen LogP contribution in [-0.2, 0) is 16.0 Å². The van der Waals surface area contributed by atoms with Gasteiger partial charge in [0.1, 0.15) is 6.61 Å². The Bertz CT molecular complexity index is 567. The fourth-order valence-electron chi connectivity index (χ4n) is 1.89. The lowest BCUT2D eigenvalue weighted by Crippen LogP contribution is -2.37. The van der Waals surface area contributed by atoms with Crippen molar-refractivity contribution in [2.75, 3.05) is 19.8 Å². The monoisotopic (exact) mass is 293 g/mol. The number of carbonyl (C=O) groups excluding carboxylic acids is 1. The molecule has 0 aliphatic heterocycles. The van der Waals surface area contributed by atoms with Crippen LogP contribution >= 0.6 is 11.3 Å². The van der Waals surface area contributed by atoms with E-state index < -0.39 is 0 Å². The van der Waals surface area contributed by atoms with Gasteiger partial charge in [0.2, 0.25) is 5.91 Å². The minimum atomic E-state index is -0.230.